The number of pyridine rings is 1. The molecule has 29 heavy (non-hydrogen) atoms. The van der Waals surface area contributed by atoms with Crippen molar-refractivity contribution in [1.29, 1.82) is 0 Å². The lowest BCUT2D eigenvalue weighted by Crippen LogP contribution is -2.22. The Morgan fingerprint density at radius 1 is 1.14 bits per heavy atom. The molecular formula is C19H15BrClN3O4S. The first-order valence-electron chi connectivity index (χ1n) is 8.23. The maximum absolute atomic E-state index is 12.7. The molecule has 10 heteroatoms. The summed E-state index contributed by atoms with van der Waals surface area (Å²) in [6.07, 6.45) is 1.39. The summed E-state index contributed by atoms with van der Waals surface area (Å²) in [7, 11) is -2.53. The highest BCUT2D eigenvalue weighted by atomic mass is 79.9. The van der Waals surface area contributed by atoms with Gasteiger partial charge in [0.2, 0.25) is 0 Å². The molecule has 2 N–H and O–H groups in total. The van der Waals surface area contributed by atoms with Crippen molar-refractivity contribution in [2.24, 2.45) is 0 Å². The van der Waals surface area contributed by atoms with Crippen LogP contribution in [-0.4, -0.2) is 26.4 Å². The monoisotopic (exact) mass is 495 g/mol. The molecule has 150 valence electrons. The van der Waals surface area contributed by atoms with Crippen LogP contribution in [0.5, 0.6) is 11.5 Å². The van der Waals surface area contributed by atoms with Gasteiger partial charge in [0, 0.05) is 17.7 Å². The molecule has 1 aromatic heterocycles. The van der Waals surface area contributed by atoms with Gasteiger partial charge in [-0.1, -0.05) is 23.7 Å². The molecule has 3 aromatic rings. The molecule has 0 atom stereocenters. The van der Waals surface area contributed by atoms with Crippen LogP contribution in [0.3, 0.4) is 0 Å². The van der Waals surface area contributed by atoms with E-state index in [1.54, 1.807) is 24.3 Å². The molecule has 2 aromatic carbocycles. The lowest BCUT2D eigenvalue weighted by molar-refractivity contribution is 0.0963. The Morgan fingerprint density at radius 3 is 2.48 bits per heavy atom. The van der Waals surface area contributed by atoms with Crippen LogP contribution in [0.2, 0.25) is 5.02 Å². The van der Waals surface area contributed by atoms with Crippen molar-refractivity contribution in [2.45, 2.75) is 4.90 Å². The Bertz CT molecular complexity index is 1150. The first-order valence-corrected chi connectivity index (χ1v) is 10.9. The summed E-state index contributed by atoms with van der Waals surface area (Å²) in [5.41, 5.74) is 0.0872. The first-order chi connectivity index (χ1) is 13.8. The molecule has 0 unspecified atom stereocenters. The molecule has 0 saturated heterocycles. The maximum atomic E-state index is 12.7. The van der Waals surface area contributed by atoms with Crippen molar-refractivity contribution in [2.75, 3.05) is 11.8 Å². The van der Waals surface area contributed by atoms with Crippen LogP contribution in [-0.2, 0) is 10.0 Å². The Balaban J connectivity index is 1.84. The number of nitrogens with zero attached hydrogens (tertiary/aromatic N) is 1. The predicted octanol–water partition coefficient (Wildman–Crippen LogP) is 4.45. The molecule has 3 rings (SSSR count). The number of aromatic nitrogens is 1. The summed E-state index contributed by atoms with van der Waals surface area (Å²) in [5, 5.41) is 2.89. The van der Waals surface area contributed by atoms with Gasteiger partial charge in [0.15, 0.2) is 5.82 Å². The van der Waals surface area contributed by atoms with E-state index in [9.17, 15) is 13.2 Å². The summed E-state index contributed by atoms with van der Waals surface area (Å²) in [6.45, 7) is 0. The molecule has 1 heterocycles. The Hall–Kier alpha value is -2.62. The van der Waals surface area contributed by atoms with Gasteiger partial charge < -0.3 is 10.1 Å². The molecule has 1 amide bonds. The summed E-state index contributed by atoms with van der Waals surface area (Å²) in [4.78, 5) is 16.0. The third-order valence-electron chi connectivity index (χ3n) is 3.76. The van der Waals surface area contributed by atoms with E-state index in [0.29, 0.717) is 21.0 Å². The van der Waals surface area contributed by atoms with Gasteiger partial charge in [-0.2, -0.15) is 0 Å². The van der Waals surface area contributed by atoms with Crippen LogP contribution in [0, 0.1) is 0 Å². The van der Waals surface area contributed by atoms with Crippen molar-refractivity contribution in [3.63, 3.8) is 0 Å². The van der Waals surface area contributed by atoms with Crippen LogP contribution in [0.1, 0.15) is 10.4 Å². The highest BCUT2D eigenvalue weighted by Crippen LogP contribution is 2.29. The lowest BCUT2D eigenvalue weighted by atomic mass is 10.2. The molecule has 0 bridgehead atoms. The highest BCUT2D eigenvalue weighted by molar-refractivity contribution is 9.10. The topological polar surface area (TPSA) is 97.4 Å². The molecule has 0 fully saturated rings. The number of carbonyl (C=O) groups excluding carboxylic acids is 1. The minimum atomic E-state index is -3.98. The second-order valence-corrected chi connectivity index (χ2v) is 8.74. The Morgan fingerprint density at radius 2 is 1.83 bits per heavy atom. The van der Waals surface area contributed by atoms with Crippen LogP contribution in [0.25, 0.3) is 0 Å². The second kappa shape index (κ2) is 8.81. The quantitative estimate of drug-likeness (QED) is 0.525. The van der Waals surface area contributed by atoms with Gasteiger partial charge in [-0.15, -0.1) is 0 Å². The molecular weight excluding hydrogens is 482 g/mol. The zero-order valence-corrected chi connectivity index (χ0v) is 18.2. The number of halogens is 2. The molecule has 0 radical (unpaired) electrons. The second-order valence-electron chi connectivity index (χ2n) is 5.74. The minimum absolute atomic E-state index is 0.0171. The number of hydrogen-bond acceptors (Lipinski definition) is 5. The van der Waals surface area contributed by atoms with Gasteiger partial charge in [-0.05, 0) is 58.4 Å². The van der Waals surface area contributed by atoms with Gasteiger partial charge in [0.25, 0.3) is 15.9 Å². The number of hydrogen-bond donors (Lipinski definition) is 2. The van der Waals surface area contributed by atoms with E-state index in [0.717, 1.165) is 0 Å². The van der Waals surface area contributed by atoms with Crippen molar-refractivity contribution >= 4 is 49.3 Å². The van der Waals surface area contributed by atoms with E-state index in [2.05, 4.69) is 31.0 Å². The minimum Gasteiger partial charge on any atom is -0.456 e. The molecule has 7 nitrogen and oxygen atoms in total. The Labute approximate surface area is 181 Å². The predicted molar refractivity (Wildman–Crippen MR) is 114 cm³/mol. The van der Waals surface area contributed by atoms with E-state index < -0.39 is 15.9 Å². The highest BCUT2D eigenvalue weighted by Gasteiger charge is 2.20. The number of ether oxygens (including phenoxy) is 1. The number of amides is 1. The normalized spacial score (nSPS) is 11.0. The fraction of sp³-hybridized carbons (Fsp3) is 0.0526. The van der Waals surface area contributed by atoms with Gasteiger partial charge in [0.05, 0.1) is 15.5 Å². The van der Waals surface area contributed by atoms with Crippen molar-refractivity contribution in [3.8, 4) is 11.5 Å². The van der Waals surface area contributed by atoms with Gasteiger partial charge in [-0.3, -0.25) is 9.52 Å². The molecule has 0 aliphatic rings. The molecule has 0 saturated carbocycles. The van der Waals surface area contributed by atoms with E-state index in [1.165, 1.54) is 43.6 Å². The van der Waals surface area contributed by atoms with Crippen molar-refractivity contribution in [1.82, 2.24) is 10.3 Å². The van der Waals surface area contributed by atoms with E-state index in [-0.39, 0.29) is 16.3 Å². The summed E-state index contributed by atoms with van der Waals surface area (Å²) in [6, 6.07) is 14.2. The number of benzene rings is 2. The van der Waals surface area contributed by atoms with Gasteiger partial charge in [-0.25, -0.2) is 13.4 Å². The number of sulfonamides is 1. The average molecular weight is 497 g/mol. The average Bonchev–Trinajstić information content (AvgIpc) is 2.71. The fourth-order valence-electron chi connectivity index (χ4n) is 2.36. The Kier molecular flexibility index (Phi) is 6.41. The summed E-state index contributed by atoms with van der Waals surface area (Å²) >= 11 is 9.27. The van der Waals surface area contributed by atoms with Crippen LogP contribution in [0.4, 0.5) is 5.82 Å². The summed E-state index contributed by atoms with van der Waals surface area (Å²) < 4.78 is 34.0. The fourth-order valence-corrected chi connectivity index (χ4v) is 3.89. The molecule has 0 spiro atoms. The number of para-hydroxylation sites is 1. The molecule has 0 aliphatic carbocycles. The van der Waals surface area contributed by atoms with Gasteiger partial charge in [0.1, 0.15) is 11.5 Å². The SMILES string of the molecule is CNC(=O)c1cc(Br)cnc1NS(=O)(=O)c1ccc(Oc2ccccc2Cl)cc1. The zero-order valence-electron chi connectivity index (χ0n) is 15.0. The zero-order chi connectivity index (χ0) is 21.0. The summed E-state index contributed by atoms with van der Waals surface area (Å²) in [5.74, 6) is 0.325. The van der Waals surface area contributed by atoms with Crippen molar-refractivity contribution < 1.29 is 17.9 Å². The van der Waals surface area contributed by atoms with Crippen LogP contribution >= 0.6 is 27.5 Å². The number of carbonyl (C=O) groups is 1. The standard InChI is InChI=1S/C19H15BrClN3O4S/c1-22-19(25)15-10-12(20)11-23-18(15)24-29(26,27)14-8-6-13(7-9-14)28-17-5-3-2-4-16(17)21/h2-11H,1H3,(H,22,25)(H,23,24). The largest absolute Gasteiger partial charge is 0.456 e. The third kappa shape index (κ3) is 5.06. The lowest BCUT2D eigenvalue weighted by Gasteiger charge is -2.12. The number of rotatable bonds is 6. The number of nitrogens with one attached hydrogen (secondary N) is 2. The van der Waals surface area contributed by atoms with Gasteiger partial charge >= 0.3 is 0 Å². The maximum Gasteiger partial charge on any atom is 0.263 e. The van der Waals surface area contributed by atoms with E-state index in [4.69, 9.17) is 16.3 Å². The van der Waals surface area contributed by atoms with Crippen LogP contribution < -0.4 is 14.8 Å². The van der Waals surface area contributed by atoms with E-state index in [1.807, 2.05) is 0 Å². The smallest absolute Gasteiger partial charge is 0.263 e. The third-order valence-corrected chi connectivity index (χ3v) is 5.86. The first kappa shape index (κ1) is 21.1. The molecule has 0 aliphatic heterocycles. The van der Waals surface area contributed by atoms with Crippen LogP contribution in [0.15, 0.2) is 70.2 Å². The van der Waals surface area contributed by atoms with E-state index >= 15 is 0 Å². The number of anilines is 1. The van der Waals surface area contributed by atoms with Crippen molar-refractivity contribution in [3.05, 3.63) is 75.9 Å².